The molecule has 1 rings (SSSR count). The molecule has 0 saturated heterocycles. The first-order valence-corrected chi connectivity index (χ1v) is 8.09. The zero-order valence-corrected chi connectivity index (χ0v) is 13.8. The van der Waals surface area contributed by atoms with Gasteiger partial charge in [0, 0.05) is 19.6 Å². The van der Waals surface area contributed by atoms with Gasteiger partial charge in [0.05, 0.1) is 5.41 Å². The lowest BCUT2D eigenvalue weighted by Gasteiger charge is -2.40. The smallest absolute Gasteiger partial charge is 0.230 e. The number of nitrogens with zero attached hydrogens (tertiary/aromatic N) is 2. The van der Waals surface area contributed by atoms with Gasteiger partial charge in [0.25, 0.3) is 0 Å². The second kappa shape index (κ2) is 7.99. The van der Waals surface area contributed by atoms with Crippen LogP contribution in [0.4, 0.5) is 0 Å². The summed E-state index contributed by atoms with van der Waals surface area (Å²) in [6, 6.07) is 0. The third-order valence-corrected chi connectivity index (χ3v) is 4.78. The van der Waals surface area contributed by atoms with Gasteiger partial charge in [0.1, 0.15) is 0 Å². The molecule has 4 nitrogen and oxygen atoms in total. The first kappa shape index (κ1) is 17.4. The number of nitrogens with two attached hydrogens (primary N) is 1. The monoisotopic (exact) mass is 283 g/mol. The molecule has 1 aliphatic rings. The van der Waals surface area contributed by atoms with Crippen molar-refractivity contribution in [3.05, 3.63) is 0 Å². The number of hydrogen-bond acceptors (Lipinski definition) is 3. The molecule has 1 aliphatic carbocycles. The molecule has 0 spiro atoms. The van der Waals surface area contributed by atoms with E-state index >= 15 is 0 Å². The van der Waals surface area contributed by atoms with Gasteiger partial charge in [-0.2, -0.15) is 0 Å². The summed E-state index contributed by atoms with van der Waals surface area (Å²) in [5.41, 5.74) is 5.72. The van der Waals surface area contributed by atoms with E-state index in [1.807, 2.05) is 4.90 Å². The quantitative estimate of drug-likeness (QED) is 0.777. The minimum absolute atomic E-state index is 0.277. The Morgan fingerprint density at radius 2 is 1.85 bits per heavy atom. The molecule has 0 aromatic carbocycles. The molecule has 0 unspecified atom stereocenters. The summed E-state index contributed by atoms with van der Waals surface area (Å²) >= 11 is 0. The number of rotatable bonds is 7. The van der Waals surface area contributed by atoms with E-state index in [0.717, 1.165) is 57.7 Å². The zero-order valence-electron chi connectivity index (χ0n) is 13.8. The van der Waals surface area contributed by atoms with Crippen LogP contribution in [0.25, 0.3) is 0 Å². The van der Waals surface area contributed by atoms with E-state index in [0.29, 0.717) is 12.5 Å². The molecular formula is C16H33N3O. The molecule has 2 N–H and O–H groups in total. The second-order valence-electron chi connectivity index (χ2n) is 6.71. The Morgan fingerprint density at radius 3 is 2.30 bits per heavy atom. The molecule has 20 heavy (non-hydrogen) atoms. The number of carbonyl (C=O) groups is 1. The Morgan fingerprint density at radius 1 is 1.25 bits per heavy atom. The van der Waals surface area contributed by atoms with Crippen LogP contribution in [0.15, 0.2) is 0 Å². The van der Waals surface area contributed by atoms with Crippen LogP contribution in [-0.4, -0.2) is 56.0 Å². The van der Waals surface area contributed by atoms with Gasteiger partial charge in [-0.3, -0.25) is 4.79 Å². The van der Waals surface area contributed by atoms with Crippen molar-refractivity contribution in [2.24, 2.45) is 17.1 Å². The standard InChI is InChI=1S/C16H33N3O/c1-5-19(12-6-11-18(3)4)15(20)16(13-17)9-7-14(2)8-10-16/h14H,5-13,17H2,1-4H3. The molecule has 0 radical (unpaired) electrons. The lowest BCUT2D eigenvalue weighted by molar-refractivity contribution is -0.144. The van der Waals surface area contributed by atoms with Crippen LogP contribution in [0.1, 0.15) is 46.0 Å². The maximum atomic E-state index is 12.9. The summed E-state index contributed by atoms with van der Waals surface area (Å²) in [6.45, 7) is 7.52. The van der Waals surface area contributed by atoms with Crippen LogP contribution in [0, 0.1) is 11.3 Å². The summed E-state index contributed by atoms with van der Waals surface area (Å²) in [5.74, 6) is 1.04. The van der Waals surface area contributed by atoms with E-state index in [4.69, 9.17) is 5.73 Å². The number of amides is 1. The minimum Gasteiger partial charge on any atom is -0.342 e. The molecule has 4 heteroatoms. The van der Waals surface area contributed by atoms with Crippen molar-refractivity contribution < 1.29 is 4.79 Å². The van der Waals surface area contributed by atoms with E-state index in [1.165, 1.54) is 0 Å². The van der Waals surface area contributed by atoms with Crippen LogP contribution in [0.3, 0.4) is 0 Å². The van der Waals surface area contributed by atoms with Gasteiger partial charge in [-0.05, 0) is 65.6 Å². The molecule has 0 aromatic rings. The van der Waals surface area contributed by atoms with Gasteiger partial charge in [0.2, 0.25) is 5.91 Å². The van der Waals surface area contributed by atoms with E-state index in [-0.39, 0.29) is 5.41 Å². The number of carbonyl (C=O) groups excluding carboxylic acids is 1. The summed E-state index contributed by atoms with van der Waals surface area (Å²) in [7, 11) is 4.14. The van der Waals surface area contributed by atoms with Crippen LogP contribution in [0.2, 0.25) is 0 Å². The molecule has 0 heterocycles. The summed E-state index contributed by atoms with van der Waals surface area (Å²) in [5, 5.41) is 0. The second-order valence-corrected chi connectivity index (χ2v) is 6.71. The Kier molecular flexibility index (Phi) is 6.96. The lowest BCUT2D eigenvalue weighted by Crippen LogP contribution is -2.50. The molecule has 0 aliphatic heterocycles. The SMILES string of the molecule is CCN(CCCN(C)C)C(=O)C1(CN)CCC(C)CC1. The van der Waals surface area contributed by atoms with Crippen LogP contribution in [0.5, 0.6) is 0 Å². The average molecular weight is 283 g/mol. The maximum Gasteiger partial charge on any atom is 0.230 e. The molecule has 1 saturated carbocycles. The van der Waals surface area contributed by atoms with Crippen molar-refractivity contribution in [3.8, 4) is 0 Å². The van der Waals surface area contributed by atoms with Crippen molar-refractivity contribution in [1.82, 2.24) is 9.80 Å². The highest BCUT2D eigenvalue weighted by molar-refractivity contribution is 5.83. The first-order valence-electron chi connectivity index (χ1n) is 8.09. The van der Waals surface area contributed by atoms with Crippen LogP contribution < -0.4 is 5.73 Å². The third-order valence-electron chi connectivity index (χ3n) is 4.78. The largest absolute Gasteiger partial charge is 0.342 e. The van der Waals surface area contributed by atoms with Gasteiger partial charge in [0.15, 0.2) is 0 Å². The molecule has 1 amide bonds. The predicted molar refractivity (Wildman–Crippen MR) is 84.5 cm³/mol. The van der Waals surface area contributed by atoms with Gasteiger partial charge in [-0.15, -0.1) is 0 Å². The first-order chi connectivity index (χ1) is 9.45. The fourth-order valence-corrected chi connectivity index (χ4v) is 3.14. The zero-order chi connectivity index (χ0) is 15.2. The molecule has 0 bridgehead atoms. The fourth-order valence-electron chi connectivity index (χ4n) is 3.14. The highest BCUT2D eigenvalue weighted by atomic mass is 16.2. The van der Waals surface area contributed by atoms with Crippen molar-refractivity contribution >= 4 is 5.91 Å². The Bertz CT molecular complexity index is 296. The highest BCUT2D eigenvalue weighted by Gasteiger charge is 2.41. The Hall–Kier alpha value is -0.610. The van der Waals surface area contributed by atoms with Crippen LogP contribution >= 0.6 is 0 Å². The van der Waals surface area contributed by atoms with E-state index in [9.17, 15) is 4.79 Å². The van der Waals surface area contributed by atoms with E-state index in [1.54, 1.807) is 0 Å². The van der Waals surface area contributed by atoms with E-state index < -0.39 is 0 Å². The summed E-state index contributed by atoms with van der Waals surface area (Å²) in [4.78, 5) is 17.1. The van der Waals surface area contributed by atoms with Crippen molar-refractivity contribution in [2.75, 3.05) is 40.3 Å². The van der Waals surface area contributed by atoms with E-state index in [2.05, 4.69) is 32.8 Å². The van der Waals surface area contributed by atoms with Crippen molar-refractivity contribution in [3.63, 3.8) is 0 Å². The average Bonchev–Trinajstić information content (AvgIpc) is 2.44. The van der Waals surface area contributed by atoms with Gasteiger partial charge in [-0.1, -0.05) is 6.92 Å². The Labute approximate surface area is 124 Å². The predicted octanol–water partition coefficient (Wildman–Crippen LogP) is 1.94. The topological polar surface area (TPSA) is 49.6 Å². The third kappa shape index (κ3) is 4.45. The van der Waals surface area contributed by atoms with Gasteiger partial charge >= 0.3 is 0 Å². The fraction of sp³-hybridized carbons (Fsp3) is 0.938. The highest BCUT2D eigenvalue weighted by Crippen LogP contribution is 2.39. The van der Waals surface area contributed by atoms with Gasteiger partial charge in [-0.25, -0.2) is 0 Å². The molecule has 1 fully saturated rings. The Balaban J connectivity index is 2.62. The minimum atomic E-state index is -0.277. The summed E-state index contributed by atoms with van der Waals surface area (Å²) in [6.07, 6.45) is 5.24. The van der Waals surface area contributed by atoms with Gasteiger partial charge < -0.3 is 15.5 Å². The molecule has 118 valence electrons. The molecule has 0 atom stereocenters. The number of hydrogen-bond donors (Lipinski definition) is 1. The molecule has 0 aromatic heterocycles. The van der Waals surface area contributed by atoms with Crippen molar-refractivity contribution in [1.29, 1.82) is 0 Å². The normalized spacial score (nSPS) is 26.8. The van der Waals surface area contributed by atoms with Crippen LogP contribution in [-0.2, 0) is 4.79 Å². The van der Waals surface area contributed by atoms with Crippen molar-refractivity contribution in [2.45, 2.75) is 46.0 Å². The maximum absolute atomic E-state index is 12.9. The molecular weight excluding hydrogens is 250 g/mol. The lowest BCUT2D eigenvalue weighted by atomic mass is 9.70. The summed E-state index contributed by atoms with van der Waals surface area (Å²) < 4.78 is 0.